The first-order valence-electron chi connectivity index (χ1n) is 9.34. The highest BCUT2D eigenvalue weighted by atomic mass is 16.5. The minimum Gasteiger partial charge on any atom is -0.489 e. The summed E-state index contributed by atoms with van der Waals surface area (Å²) >= 11 is 0. The number of hydrogen-bond acceptors (Lipinski definition) is 4. The molecule has 0 spiro atoms. The quantitative estimate of drug-likeness (QED) is 0.896. The lowest BCUT2D eigenvalue weighted by Crippen LogP contribution is -2.45. The predicted octanol–water partition coefficient (Wildman–Crippen LogP) is 3.35. The van der Waals surface area contributed by atoms with Gasteiger partial charge in [0.25, 0.3) is 5.91 Å². The monoisotopic (exact) mass is 352 g/mol. The van der Waals surface area contributed by atoms with Gasteiger partial charge >= 0.3 is 0 Å². The van der Waals surface area contributed by atoms with E-state index in [1.54, 1.807) is 18.5 Å². The largest absolute Gasteiger partial charge is 0.489 e. The molecule has 0 unspecified atom stereocenters. The number of nitrogens with zero attached hydrogens (tertiary/aromatic N) is 1. The van der Waals surface area contributed by atoms with Gasteiger partial charge in [-0.3, -0.25) is 9.78 Å². The molecule has 2 heterocycles. The first-order chi connectivity index (χ1) is 12.8. The lowest BCUT2D eigenvalue weighted by atomic mass is 9.81. The van der Waals surface area contributed by atoms with E-state index in [4.69, 9.17) is 9.47 Å². The van der Waals surface area contributed by atoms with Gasteiger partial charge in [-0.15, -0.1) is 0 Å². The van der Waals surface area contributed by atoms with Crippen molar-refractivity contribution in [2.45, 2.75) is 44.4 Å². The molecule has 5 nitrogen and oxygen atoms in total. The zero-order chi connectivity index (χ0) is 17.8. The maximum absolute atomic E-state index is 12.7. The van der Waals surface area contributed by atoms with E-state index in [9.17, 15) is 4.79 Å². The van der Waals surface area contributed by atoms with Gasteiger partial charge in [-0.25, -0.2) is 0 Å². The van der Waals surface area contributed by atoms with Crippen LogP contribution in [0.15, 0.2) is 48.8 Å². The van der Waals surface area contributed by atoms with Crippen LogP contribution < -0.4 is 10.1 Å². The number of benzene rings is 1. The maximum Gasteiger partial charge on any atom is 0.251 e. The number of hydrogen-bond donors (Lipinski definition) is 1. The summed E-state index contributed by atoms with van der Waals surface area (Å²) in [5, 5.41) is 3.22. The van der Waals surface area contributed by atoms with E-state index in [0.29, 0.717) is 29.9 Å². The van der Waals surface area contributed by atoms with Crippen LogP contribution in [-0.2, 0) is 11.3 Å². The Kier molecular flexibility index (Phi) is 5.16. The SMILES string of the molecule is O=C(N[C@@H]1CCC[C@H]2OCC[C@H]12)c1cccc(OCc2cccnc2)c1. The second-order valence-corrected chi connectivity index (χ2v) is 7.05. The molecule has 1 aliphatic heterocycles. The van der Waals surface area contributed by atoms with E-state index >= 15 is 0 Å². The van der Waals surface area contributed by atoms with Crippen molar-refractivity contribution in [1.29, 1.82) is 0 Å². The van der Waals surface area contributed by atoms with Crippen LogP contribution in [0.5, 0.6) is 5.75 Å². The fraction of sp³-hybridized carbons (Fsp3) is 0.429. The normalized spacial score (nSPS) is 24.7. The summed E-state index contributed by atoms with van der Waals surface area (Å²) in [5.41, 5.74) is 1.63. The molecule has 5 heteroatoms. The standard InChI is InChI=1S/C21H24N2O3/c24-21(23-19-7-2-8-20-18(19)9-11-25-20)16-5-1-6-17(12-16)26-14-15-4-3-10-22-13-15/h1,3-6,10,12-13,18-20H,2,7-9,11,14H2,(H,23,24)/t18-,19-,20-/m1/s1. The summed E-state index contributed by atoms with van der Waals surface area (Å²) in [7, 11) is 0. The molecule has 4 rings (SSSR count). The van der Waals surface area contributed by atoms with E-state index < -0.39 is 0 Å². The summed E-state index contributed by atoms with van der Waals surface area (Å²) in [4.78, 5) is 16.8. The Morgan fingerprint density at radius 2 is 2.19 bits per heavy atom. The lowest BCUT2D eigenvalue weighted by Gasteiger charge is -2.33. The fourth-order valence-corrected chi connectivity index (χ4v) is 3.98. The number of fused-ring (bicyclic) bond motifs is 1. The molecule has 0 radical (unpaired) electrons. The average molecular weight is 352 g/mol. The highest BCUT2D eigenvalue weighted by molar-refractivity contribution is 5.94. The fourth-order valence-electron chi connectivity index (χ4n) is 3.98. The molecule has 0 bridgehead atoms. The van der Waals surface area contributed by atoms with Gasteiger partial charge in [0, 0.05) is 42.1 Å². The van der Waals surface area contributed by atoms with Gasteiger partial charge < -0.3 is 14.8 Å². The summed E-state index contributed by atoms with van der Waals surface area (Å²) in [5.74, 6) is 1.11. The molecule has 1 aromatic carbocycles. The number of pyridine rings is 1. The third-order valence-corrected chi connectivity index (χ3v) is 5.32. The van der Waals surface area contributed by atoms with E-state index in [-0.39, 0.29) is 11.9 Å². The van der Waals surface area contributed by atoms with E-state index in [0.717, 1.165) is 37.9 Å². The number of carbonyl (C=O) groups excluding carboxylic acids is 1. The Balaban J connectivity index is 1.38. The number of rotatable bonds is 5. The first-order valence-corrected chi connectivity index (χ1v) is 9.34. The highest BCUT2D eigenvalue weighted by Crippen LogP contribution is 2.34. The first kappa shape index (κ1) is 17.0. The van der Waals surface area contributed by atoms with Crippen LogP contribution in [0.2, 0.25) is 0 Å². The molecule has 1 N–H and O–H groups in total. The zero-order valence-electron chi connectivity index (χ0n) is 14.8. The molecule has 1 saturated heterocycles. The molecular formula is C21H24N2O3. The van der Waals surface area contributed by atoms with Crippen LogP contribution in [0.1, 0.15) is 41.6 Å². The van der Waals surface area contributed by atoms with Crippen LogP contribution in [-0.4, -0.2) is 29.6 Å². The minimum absolute atomic E-state index is 0.0330. The van der Waals surface area contributed by atoms with Crippen LogP contribution in [0, 0.1) is 5.92 Å². The Labute approximate surface area is 153 Å². The summed E-state index contributed by atoms with van der Waals surface area (Å²) in [6.07, 6.45) is 8.15. The molecule has 3 atom stereocenters. The van der Waals surface area contributed by atoms with Gasteiger partial charge in [0.15, 0.2) is 0 Å². The molecule has 2 aromatic rings. The molecule has 136 valence electrons. The van der Waals surface area contributed by atoms with Crippen molar-refractivity contribution in [3.05, 3.63) is 59.9 Å². The Morgan fingerprint density at radius 3 is 3.08 bits per heavy atom. The Hall–Kier alpha value is -2.40. The highest BCUT2D eigenvalue weighted by Gasteiger charge is 2.38. The Morgan fingerprint density at radius 1 is 1.23 bits per heavy atom. The summed E-state index contributed by atoms with van der Waals surface area (Å²) in [6.45, 7) is 1.25. The number of carbonyl (C=O) groups is 1. The van der Waals surface area contributed by atoms with E-state index in [1.165, 1.54) is 0 Å². The second-order valence-electron chi connectivity index (χ2n) is 7.05. The minimum atomic E-state index is -0.0330. The van der Waals surface area contributed by atoms with Crippen LogP contribution in [0.4, 0.5) is 0 Å². The van der Waals surface area contributed by atoms with Gasteiger partial charge in [-0.1, -0.05) is 12.1 Å². The molecule has 2 fully saturated rings. The molecule has 1 aromatic heterocycles. The smallest absolute Gasteiger partial charge is 0.251 e. The van der Waals surface area contributed by atoms with Crippen LogP contribution in [0.3, 0.4) is 0 Å². The number of ether oxygens (including phenoxy) is 2. The van der Waals surface area contributed by atoms with Crippen molar-refractivity contribution in [3.63, 3.8) is 0 Å². The molecule has 1 saturated carbocycles. The van der Waals surface area contributed by atoms with Crippen LogP contribution in [0.25, 0.3) is 0 Å². The summed E-state index contributed by atoms with van der Waals surface area (Å²) in [6, 6.07) is 11.4. The van der Waals surface area contributed by atoms with Crippen molar-refractivity contribution >= 4 is 5.91 Å². The molecule has 1 aliphatic carbocycles. The number of nitrogens with one attached hydrogen (secondary N) is 1. The topological polar surface area (TPSA) is 60.5 Å². The number of amides is 1. The predicted molar refractivity (Wildman–Crippen MR) is 98.0 cm³/mol. The second kappa shape index (κ2) is 7.87. The zero-order valence-corrected chi connectivity index (χ0v) is 14.8. The van der Waals surface area contributed by atoms with Crippen molar-refractivity contribution in [2.24, 2.45) is 5.92 Å². The van der Waals surface area contributed by atoms with E-state index in [1.807, 2.05) is 30.3 Å². The van der Waals surface area contributed by atoms with E-state index in [2.05, 4.69) is 10.3 Å². The average Bonchev–Trinajstić information content (AvgIpc) is 3.17. The molecular weight excluding hydrogens is 328 g/mol. The van der Waals surface area contributed by atoms with Gasteiger partial charge in [0.05, 0.1) is 6.10 Å². The Bertz CT molecular complexity index is 750. The molecule has 26 heavy (non-hydrogen) atoms. The molecule has 1 amide bonds. The lowest BCUT2D eigenvalue weighted by molar-refractivity contribution is 0.0510. The third-order valence-electron chi connectivity index (χ3n) is 5.32. The van der Waals surface area contributed by atoms with Crippen molar-refractivity contribution in [2.75, 3.05) is 6.61 Å². The third kappa shape index (κ3) is 3.88. The van der Waals surface area contributed by atoms with Gasteiger partial charge in [-0.05, 0) is 49.9 Å². The van der Waals surface area contributed by atoms with Crippen molar-refractivity contribution in [1.82, 2.24) is 10.3 Å². The van der Waals surface area contributed by atoms with Gasteiger partial charge in [0.1, 0.15) is 12.4 Å². The van der Waals surface area contributed by atoms with Gasteiger partial charge in [-0.2, -0.15) is 0 Å². The number of aromatic nitrogens is 1. The molecule has 2 aliphatic rings. The van der Waals surface area contributed by atoms with Crippen molar-refractivity contribution in [3.8, 4) is 5.75 Å². The van der Waals surface area contributed by atoms with Crippen molar-refractivity contribution < 1.29 is 14.3 Å². The van der Waals surface area contributed by atoms with Gasteiger partial charge in [0.2, 0.25) is 0 Å². The summed E-state index contributed by atoms with van der Waals surface area (Å²) < 4.78 is 11.6. The van der Waals surface area contributed by atoms with Crippen LogP contribution >= 0.6 is 0 Å². The maximum atomic E-state index is 12.7.